The Hall–Kier alpha value is -3.26. The molecule has 192 valence electrons. The first kappa shape index (κ1) is 26.8. The van der Waals surface area contributed by atoms with Crippen molar-refractivity contribution in [1.29, 1.82) is 5.26 Å². The molecule has 1 aromatic heterocycles. The number of benzene rings is 1. The third-order valence-corrected chi connectivity index (χ3v) is 7.90. The van der Waals surface area contributed by atoms with Gasteiger partial charge in [-0.25, -0.2) is 0 Å². The van der Waals surface area contributed by atoms with Crippen LogP contribution in [0, 0.1) is 25.2 Å². The van der Waals surface area contributed by atoms with Crippen LogP contribution in [0.2, 0.25) is 0 Å². The number of nitrogens with zero attached hydrogens (tertiary/aromatic N) is 3. The maximum Gasteiger partial charge on any atom is 0.271 e. The number of thioether (sulfide) groups is 1. The van der Waals surface area contributed by atoms with E-state index in [9.17, 15) is 24.8 Å². The molecule has 4 rings (SSSR count). The second-order valence-corrected chi connectivity index (χ2v) is 10.8. The Labute approximate surface area is 224 Å². The summed E-state index contributed by atoms with van der Waals surface area (Å²) in [7, 11) is 0. The van der Waals surface area contributed by atoms with Gasteiger partial charge in [-0.2, -0.15) is 5.26 Å². The van der Waals surface area contributed by atoms with Gasteiger partial charge in [0.15, 0.2) is 5.78 Å². The van der Waals surface area contributed by atoms with Crippen molar-refractivity contribution in [2.75, 3.05) is 13.2 Å². The van der Waals surface area contributed by atoms with Gasteiger partial charge < -0.3 is 9.84 Å². The molecule has 1 atom stereocenters. The molecule has 0 aliphatic carbocycles. The van der Waals surface area contributed by atoms with Crippen LogP contribution in [-0.2, 0) is 16.1 Å². The largest absolute Gasteiger partial charge is 0.494 e. The number of ketones is 1. The number of pyridine rings is 1. The van der Waals surface area contributed by atoms with Gasteiger partial charge in [0.05, 0.1) is 23.1 Å². The number of Topliss-reactive ketones (excluding diaryl/α,β-unsaturated/α-hetero) is 1. The fraction of sp³-hybridized carbons (Fsp3) is 0.370. The first-order valence-corrected chi connectivity index (χ1v) is 13.3. The van der Waals surface area contributed by atoms with Crippen molar-refractivity contribution in [3.05, 3.63) is 67.3 Å². The van der Waals surface area contributed by atoms with Gasteiger partial charge >= 0.3 is 0 Å². The van der Waals surface area contributed by atoms with Gasteiger partial charge in [-0.05, 0) is 50.3 Å². The van der Waals surface area contributed by atoms with Gasteiger partial charge in [0, 0.05) is 19.6 Å². The van der Waals surface area contributed by atoms with Crippen LogP contribution in [0.25, 0.3) is 6.08 Å². The summed E-state index contributed by atoms with van der Waals surface area (Å²) in [6.07, 6.45) is 3.42. The first-order chi connectivity index (χ1) is 17.7. The van der Waals surface area contributed by atoms with Gasteiger partial charge in [0.1, 0.15) is 16.0 Å². The number of aromatic hydroxyl groups is 1. The number of amides is 1. The van der Waals surface area contributed by atoms with Crippen molar-refractivity contribution in [1.82, 2.24) is 9.47 Å². The maximum absolute atomic E-state index is 13.2. The minimum Gasteiger partial charge on any atom is -0.494 e. The smallest absolute Gasteiger partial charge is 0.271 e. The van der Waals surface area contributed by atoms with E-state index in [0.717, 1.165) is 28.5 Å². The molecule has 1 aromatic carbocycles. The van der Waals surface area contributed by atoms with Gasteiger partial charge in [-0.3, -0.25) is 23.9 Å². The predicted octanol–water partition coefficient (Wildman–Crippen LogP) is 4.09. The molecule has 2 aromatic rings. The van der Waals surface area contributed by atoms with Crippen LogP contribution >= 0.6 is 24.0 Å². The monoisotopic (exact) mass is 537 g/mol. The molecule has 0 radical (unpaired) electrons. The lowest BCUT2D eigenvalue weighted by molar-refractivity contribution is -0.122. The Morgan fingerprint density at radius 1 is 1.30 bits per heavy atom. The molecule has 1 amide bonds. The predicted molar refractivity (Wildman–Crippen MR) is 145 cm³/mol. The van der Waals surface area contributed by atoms with E-state index >= 15 is 0 Å². The fourth-order valence-corrected chi connectivity index (χ4v) is 5.78. The summed E-state index contributed by atoms with van der Waals surface area (Å²) in [6.45, 7) is 4.36. The van der Waals surface area contributed by atoms with E-state index in [-0.39, 0.29) is 48.2 Å². The molecule has 2 saturated heterocycles. The van der Waals surface area contributed by atoms with E-state index in [1.54, 1.807) is 6.08 Å². The summed E-state index contributed by atoms with van der Waals surface area (Å²) in [5.41, 5.74) is 1.34. The molecule has 37 heavy (non-hydrogen) atoms. The zero-order valence-electron chi connectivity index (χ0n) is 20.7. The molecule has 2 aliphatic rings. The van der Waals surface area contributed by atoms with Crippen molar-refractivity contribution < 1.29 is 19.4 Å². The van der Waals surface area contributed by atoms with Gasteiger partial charge in [0.2, 0.25) is 5.88 Å². The second-order valence-electron chi connectivity index (χ2n) is 9.13. The fourth-order valence-electron chi connectivity index (χ4n) is 4.48. The Morgan fingerprint density at radius 2 is 2.03 bits per heavy atom. The highest BCUT2D eigenvalue weighted by Gasteiger charge is 2.32. The third-order valence-electron chi connectivity index (χ3n) is 6.52. The van der Waals surface area contributed by atoms with E-state index in [1.807, 2.05) is 37.3 Å². The molecule has 2 aliphatic heterocycles. The van der Waals surface area contributed by atoms with E-state index in [1.165, 1.54) is 23.6 Å². The molecule has 0 saturated carbocycles. The number of aromatic nitrogens is 1. The average Bonchev–Trinajstić information content (AvgIpc) is 3.47. The number of thiocarbonyl (C=S) groups is 1. The number of nitriles is 1. The Kier molecular flexibility index (Phi) is 8.27. The minimum atomic E-state index is -0.637. The zero-order valence-corrected chi connectivity index (χ0v) is 22.3. The Bertz CT molecular complexity index is 1380. The Morgan fingerprint density at radius 3 is 2.68 bits per heavy atom. The second kappa shape index (κ2) is 11.4. The topological polar surface area (TPSA) is 113 Å². The van der Waals surface area contributed by atoms with Gasteiger partial charge in [-0.1, -0.05) is 53.8 Å². The molecular weight excluding hydrogens is 510 g/mol. The lowest BCUT2D eigenvalue weighted by Gasteiger charge is -2.18. The van der Waals surface area contributed by atoms with Crippen LogP contribution in [0.5, 0.6) is 5.88 Å². The molecular formula is C27H27N3O5S2. The maximum atomic E-state index is 13.2. The molecule has 1 N–H and O–H groups in total. The summed E-state index contributed by atoms with van der Waals surface area (Å²) in [5.74, 6) is -1.07. The standard InChI is InChI=1S/C27H27N3O5S2/c1-16-7-9-18(10-8-16)13-22-25(33)29(27(36)37-22)11-3-6-21(31)23-17(2)20(14-28)24(32)30(26(23)34)15-19-5-4-12-35-19/h7-10,13,19,34H,3-6,11-12,15H2,1-2H3/b22-13-. The number of carbonyl (C=O) groups excluding carboxylic acids is 2. The summed E-state index contributed by atoms with van der Waals surface area (Å²) in [5, 5.41) is 20.4. The van der Waals surface area contributed by atoms with Crippen LogP contribution in [0.15, 0.2) is 34.0 Å². The quantitative estimate of drug-likeness (QED) is 0.304. The molecule has 10 heteroatoms. The number of hydrogen-bond acceptors (Lipinski definition) is 8. The third kappa shape index (κ3) is 5.69. The van der Waals surface area contributed by atoms with Crippen LogP contribution in [-0.4, -0.2) is 49.8 Å². The number of hydrogen-bond donors (Lipinski definition) is 1. The average molecular weight is 538 g/mol. The van der Waals surface area contributed by atoms with E-state index < -0.39 is 17.2 Å². The highest BCUT2D eigenvalue weighted by molar-refractivity contribution is 8.26. The number of ether oxygens (including phenoxy) is 1. The van der Waals surface area contributed by atoms with Crippen molar-refractivity contribution >= 4 is 46.1 Å². The summed E-state index contributed by atoms with van der Waals surface area (Å²) >= 11 is 6.62. The summed E-state index contributed by atoms with van der Waals surface area (Å²) < 4.78 is 7.05. The molecule has 0 spiro atoms. The van der Waals surface area contributed by atoms with Crippen molar-refractivity contribution in [3.8, 4) is 11.9 Å². The minimum absolute atomic E-state index is 0.00543. The van der Waals surface area contributed by atoms with Crippen LogP contribution < -0.4 is 5.56 Å². The van der Waals surface area contributed by atoms with Crippen molar-refractivity contribution in [2.45, 2.75) is 52.2 Å². The normalized spacial score (nSPS) is 18.6. The Balaban J connectivity index is 1.47. The SMILES string of the molecule is Cc1ccc(/C=C2\SC(=S)N(CCCC(=O)c3c(C)c(C#N)c(=O)n(CC4CCCO4)c3O)C2=O)cc1. The summed E-state index contributed by atoms with van der Waals surface area (Å²) in [6, 6.07) is 9.68. The molecule has 8 nitrogen and oxygen atoms in total. The van der Waals surface area contributed by atoms with Crippen molar-refractivity contribution in [2.24, 2.45) is 0 Å². The highest BCUT2D eigenvalue weighted by Crippen LogP contribution is 2.33. The lowest BCUT2D eigenvalue weighted by Crippen LogP contribution is -2.31. The number of aryl methyl sites for hydroxylation is 1. The van der Waals surface area contributed by atoms with Gasteiger partial charge in [-0.15, -0.1) is 0 Å². The zero-order chi connectivity index (χ0) is 26.7. The van der Waals surface area contributed by atoms with E-state index in [2.05, 4.69) is 0 Å². The number of rotatable bonds is 8. The van der Waals surface area contributed by atoms with Gasteiger partial charge in [0.25, 0.3) is 11.5 Å². The summed E-state index contributed by atoms with van der Waals surface area (Å²) in [4.78, 5) is 40.8. The first-order valence-electron chi connectivity index (χ1n) is 12.0. The molecule has 1 unspecified atom stereocenters. The number of carbonyl (C=O) groups is 2. The van der Waals surface area contributed by atoms with Crippen LogP contribution in [0.4, 0.5) is 0 Å². The molecule has 2 fully saturated rings. The highest BCUT2D eigenvalue weighted by atomic mass is 32.2. The van der Waals surface area contributed by atoms with Crippen LogP contribution in [0.1, 0.15) is 58.3 Å². The van der Waals surface area contributed by atoms with Crippen LogP contribution in [0.3, 0.4) is 0 Å². The van der Waals surface area contributed by atoms with E-state index in [4.69, 9.17) is 17.0 Å². The van der Waals surface area contributed by atoms with E-state index in [0.29, 0.717) is 22.3 Å². The molecule has 0 bridgehead atoms. The lowest BCUT2D eigenvalue weighted by atomic mass is 9.99. The molecule has 3 heterocycles. The van der Waals surface area contributed by atoms with Crippen molar-refractivity contribution in [3.63, 3.8) is 0 Å².